The Morgan fingerprint density at radius 2 is 2.15 bits per heavy atom. The van der Waals surface area contributed by atoms with E-state index in [-0.39, 0.29) is 0 Å². The summed E-state index contributed by atoms with van der Waals surface area (Å²) in [5.74, 6) is 2.04. The van der Waals surface area contributed by atoms with Crippen molar-refractivity contribution in [3.8, 4) is 12.3 Å². The summed E-state index contributed by atoms with van der Waals surface area (Å²) in [5, 5.41) is 0. The molecule has 0 aliphatic heterocycles. The molecule has 0 heterocycles. The molecule has 0 spiro atoms. The maximum Gasteiger partial charge on any atom is 0.241 e. The average molecular weight is 171 g/mol. The number of hydrogen-bond donors (Lipinski definition) is 1. The molecule has 2 N–H and O–H groups in total. The molecule has 1 amide bonds. The molecular formula is C11H9NO. The van der Waals surface area contributed by atoms with Gasteiger partial charge in [-0.05, 0) is 17.7 Å². The predicted octanol–water partition coefficient (Wildman–Crippen LogP) is 1.17. The molecule has 1 aromatic rings. The van der Waals surface area contributed by atoms with Crippen LogP contribution in [-0.4, -0.2) is 5.91 Å². The van der Waals surface area contributed by atoms with Gasteiger partial charge in [0.2, 0.25) is 5.91 Å². The molecule has 0 saturated carbocycles. The Kier molecular flexibility index (Phi) is 2.88. The average Bonchev–Trinajstić information content (AvgIpc) is 2.15. The topological polar surface area (TPSA) is 43.1 Å². The van der Waals surface area contributed by atoms with Crippen molar-refractivity contribution in [3.63, 3.8) is 0 Å². The van der Waals surface area contributed by atoms with Crippen molar-refractivity contribution in [2.45, 2.75) is 0 Å². The van der Waals surface area contributed by atoms with Crippen molar-refractivity contribution in [1.82, 2.24) is 0 Å². The monoisotopic (exact) mass is 171 g/mol. The second kappa shape index (κ2) is 4.13. The first-order valence-electron chi connectivity index (χ1n) is 3.77. The number of amides is 1. The molecule has 0 atom stereocenters. The van der Waals surface area contributed by atoms with Crippen LogP contribution in [0.3, 0.4) is 0 Å². The van der Waals surface area contributed by atoms with E-state index in [1.807, 2.05) is 18.2 Å². The van der Waals surface area contributed by atoms with Gasteiger partial charge >= 0.3 is 0 Å². The van der Waals surface area contributed by atoms with Crippen LogP contribution >= 0.6 is 0 Å². The Morgan fingerprint density at radius 3 is 2.77 bits per heavy atom. The fraction of sp³-hybridized carbons (Fsp3) is 0. The zero-order valence-corrected chi connectivity index (χ0v) is 7.03. The summed E-state index contributed by atoms with van der Waals surface area (Å²) in [7, 11) is 0. The van der Waals surface area contributed by atoms with Crippen LogP contribution in [0.5, 0.6) is 0 Å². The second-order valence-electron chi connectivity index (χ2n) is 2.47. The van der Waals surface area contributed by atoms with Gasteiger partial charge in [0.15, 0.2) is 0 Å². The van der Waals surface area contributed by atoms with Crippen molar-refractivity contribution < 1.29 is 4.79 Å². The molecule has 0 radical (unpaired) electrons. The Bertz CT molecular complexity index is 385. The molecular weight excluding hydrogens is 162 g/mol. The first-order valence-corrected chi connectivity index (χ1v) is 3.77. The van der Waals surface area contributed by atoms with Crippen LogP contribution in [0.1, 0.15) is 11.1 Å². The van der Waals surface area contributed by atoms with Crippen molar-refractivity contribution in [3.05, 3.63) is 41.5 Å². The molecule has 0 bridgehead atoms. The van der Waals surface area contributed by atoms with Crippen LogP contribution in [0.15, 0.2) is 30.3 Å². The molecule has 1 aromatic carbocycles. The lowest BCUT2D eigenvalue weighted by molar-refractivity contribution is -0.113. The number of primary amides is 1. The van der Waals surface area contributed by atoms with Crippen molar-refractivity contribution in [1.29, 1.82) is 0 Å². The second-order valence-corrected chi connectivity index (χ2v) is 2.47. The fourth-order valence-corrected chi connectivity index (χ4v) is 0.946. The number of nitrogens with two attached hydrogens (primary N) is 1. The van der Waals surface area contributed by atoms with Crippen molar-refractivity contribution >= 4 is 12.0 Å². The van der Waals surface area contributed by atoms with Crippen molar-refractivity contribution in [2.24, 2.45) is 5.73 Å². The summed E-state index contributed by atoms with van der Waals surface area (Å²) in [6.45, 7) is 0. The molecule has 0 fully saturated rings. The largest absolute Gasteiger partial charge is 0.366 e. The van der Waals surface area contributed by atoms with Crippen LogP contribution in [0, 0.1) is 12.3 Å². The minimum absolute atomic E-state index is 0.480. The minimum Gasteiger partial charge on any atom is -0.366 e. The number of carbonyl (C=O) groups excluding carboxylic acids is 1. The van der Waals surface area contributed by atoms with E-state index in [0.29, 0.717) is 0 Å². The normalized spacial score (nSPS) is 9.77. The maximum atomic E-state index is 10.5. The molecule has 0 unspecified atom stereocenters. The summed E-state index contributed by atoms with van der Waals surface area (Å²) in [5.41, 5.74) is 6.53. The highest BCUT2D eigenvalue weighted by atomic mass is 16.1. The Morgan fingerprint density at radius 1 is 1.46 bits per heavy atom. The lowest BCUT2D eigenvalue weighted by Gasteiger charge is -1.95. The number of terminal acetylenes is 1. The van der Waals surface area contributed by atoms with Crippen molar-refractivity contribution in [2.75, 3.05) is 0 Å². The van der Waals surface area contributed by atoms with Gasteiger partial charge in [0.05, 0.1) is 0 Å². The van der Waals surface area contributed by atoms with Gasteiger partial charge in [-0.1, -0.05) is 24.1 Å². The maximum absolute atomic E-state index is 10.5. The zero-order valence-electron chi connectivity index (χ0n) is 7.03. The molecule has 2 heteroatoms. The molecule has 64 valence electrons. The van der Waals surface area contributed by atoms with Gasteiger partial charge in [-0.15, -0.1) is 6.42 Å². The highest BCUT2D eigenvalue weighted by Crippen LogP contribution is 2.08. The molecule has 0 aromatic heterocycles. The summed E-state index contributed by atoms with van der Waals surface area (Å²) in [6, 6.07) is 7.33. The molecule has 2 nitrogen and oxygen atoms in total. The summed E-state index contributed by atoms with van der Waals surface area (Å²) < 4.78 is 0. The van der Waals surface area contributed by atoms with E-state index in [1.54, 1.807) is 12.1 Å². The predicted molar refractivity (Wildman–Crippen MR) is 52.6 cm³/mol. The van der Waals surface area contributed by atoms with Crippen LogP contribution in [0.4, 0.5) is 0 Å². The van der Waals surface area contributed by atoms with E-state index in [2.05, 4.69) is 5.92 Å². The van der Waals surface area contributed by atoms with Crippen LogP contribution in [-0.2, 0) is 4.79 Å². The third-order valence-electron chi connectivity index (χ3n) is 1.54. The van der Waals surface area contributed by atoms with E-state index >= 15 is 0 Å². The number of rotatable bonds is 2. The minimum atomic E-state index is -0.480. The summed E-state index contributed by atoms with van der Waals surface area (Å²) in [6.07, 6.45) is 8.15. The fourth-order valence-electron chi connectivity index (χ4n) is 0.946. The molecule has 0 saturated heterocycles. The Hall–Kier alpha value is -2.01. The Balaban J connectivity index is 3.02. The quantitative estimate of drug-likeness (QED) is 0.526. The van der Waals surface area contributed by atoms with E-state index in [1.165, 1.54) is 6.08 Å². The smallest absolute Gasteiger partial charge is 0.241 e. The highest BCUT2D eigenvalue weighted by Gasteiger charge is 1.93. The van der Waals surface area contributed by atoms with E-state index < -0.39 is 5.91 Å². The SMILES string of the molecule is C#Cc1ccccc1/C=C\C(N)=O. The van der Waals surface area contributed by atoms with Crippen LogP contribution in [0.25, 0.3) is 6.08 Å². The highest BCUT2D eigenvalue weighted by molar-refractivity contribution is 5.90. The van der Waals surface area contributed by atoms with Crippen LogP contribution in [0.2, 0.25) is 0 Å². The van der Waals surface area contributed by atoms with Crippen LogP contribution < -0.4 is 5.73 Å². The first kappa shape index (κ1) is 9.08. The number of carbonyl (C=O) groups is 1. The molecule has 0 aliphatic rings. The lowest BCUT2D eigenvalue weighted by atomic mass is 10.1. The molecule has 1 rings (SSSR count). The summed E-state index contributed by atoms with van der Waals surface area (Å²) in [4.78, 5) is 10.5. The zero-order chi connectivity index (χ0) is 9.68. The molecule has 13 heavy (non-hydrogen) atoms. The van der Waals surface area contributed by atoms with Gasteiger partial charge < -0.3 is 5.73 Å². The van der Waals surface area contributed by atoms with Gasteiger partial charge in [0.1, 0.15) is 0 Å². The van der Waals surface area contributed by atoms with E-state index in [9.17, 15) is 4.79 Å². The van der Waals surface area contributed by atoms with Gasteiger partial charge in [-0.3, -0.25) is 4.79 Å². The third kappa shape index (κ3) is 2.49. The van der Waals surface area contributed by atoms with Gasteiger partial charge in [-0.2, -0.15) is 0 Å². The van der Waals surface area contributed by atoms with Gasteiger partial charge in [0.25, 0.3) is 0 Å². The van der Waals surface area contributed by atoms with Gasteiger partial charge in [-0.25, -0.2) is 0 Å². The lowest BCUT2D eigenvalue weighted by Crippen LogP contribution is -2.05. The third-order valence-corrected chi connectivity index (χ3v) is 1.54. The van der Waals surface area contributed by atoms with E-state index in [4.69, 9.17) is 12.2 Å². The summed E-state index contributed by atoms with van der Waals surface area (Å²) >= 11 is 0. The van der Waals surface area contributed by atoms with Gasteiger partial charge in [0, 0.05) is 11.6 Å². The number of hydrogen-bond acceptors (Lipinski definition) is 1. The molecule has 0 aliphatic carbocycles. The number of benzene rings is 1. The van der Waals surface area contributed by atoms with E-state index in [0.717, 1.165) is 11.1 Å². The Labute approximate surface area is 77.1 Å². The first-order chi connectivity index (χ1) is 6.24. The standard InChI is InChI=1S/C11H9NO/c1-2-9-5-3-4-6-10(9)7-8-11(12)13/h1,3-8H,(H2,12,13)/b8-7-.